The lowest BCUT2D eigenvalue weighted by molar-refractivity contribution is 0.0245. The van der Waals surface area contributed by atoms with Gasteiger partial charge in [0.05, 0.1) is 13.2 Å². The molecule has 0 saturated carbocycles. The molecule has 84 valence electrons. The molecule has 0 bridgehead atoms. The second-order valence-corrected chi connectivity index (χ2v) is 3.22. The Morgan fingerprint density at radius 3 is 2.07 bits per heavy atom. The molecule has 0 fully saturated rings. The highest BCUT2D eigenvalue weighted by Crippen LogP contribution is 2.14. The summed E-state index contributed by atoms with van der Waals surface area (Å²) in [6.45, 7) is 0.996. The summed E-state index contributed by atoms with van der Waals surface area (Å²) in [7, 11) is 3.27. The number of hydrogen-bond donors (Lipinski definition) is 1. The molecule has 0 unspecified atom stereocenters. The Morgan fingerprint density at radius 2 is 1.60 bits per heavy atom. The lowest BCUT2D eigenvalue weighted by Gasteiger charge is -2.17. The van der Waals surface area contributed by atoms with Gasteiger partial charge in [-0.1, -0.05) is 0 Å². The molecular formula is C11H17NO3. The number of anilines is 1. The molecule has 0 radical (unpaired) electrons. The predicted octanol–water partition coefficient (Wildman–Crippen LogP) is 1.31. The topological polar surface area (TPSA) is 53.7 Å². The molecule has 0 saturated heterocycles. The first kappa shape index (κ1) is 11.8. The van der Waals surface area contributed by atoms with Crippen LogP contribution in [0.2, 0.25) is 0 Å². The van der Waals surface area contributed by atoms with E-state index in [0.29, 0.717) is 13.2 Å². The van der Waals surface area contributed by atoms with Gasteiger partial charge in [-0.25, -0.2) is 0 Å². The zero-order valence-electron chi connectivity index (χ0n) is 9.10. The zero-order chi connectivity index (χ0) is 11.1. The minimum absolute atomic E-state index is 0.0939. The highest BCUT2D eigenvalue weighted by atomic mass is 16.6. The molecule has 1 aromatic rings. The van der Waals surface area contributed by atoms with Gasteiger partial charge in [-0.15, -0.1) is 0 Å². The molecule has 4 nitrogen and oxygen atoms in total. The van der Waals surface area contributed by atoms with Crippen molar-refractivity contribution in [1.29, 1.82) is 0 Å². The van der Waals surface area contributed by atoms with Gasteiger partial charge in [0.1, 0.15) is 11.9 Å². The molecule has 15 heavy (non-hydrogen) atoms. The lowest BCUT2D eigenvalue weighted by atomic mass is 10.3. The molecule has 4 heteroatoms. The standard InChI is InChI=1S/C11H17NO3/c1-13-7-11(8-14-2)15-10-5-3-9(12)4-6-10/h3-6,11H,7-8,12H2,1-2H3. The highest BCUT2D eigenvalue weighted by Gasteiger charge is 2.09. The monoisotopic (exact) mass is 211 g/mol. The smallest absolute Gasteiger partial charge is 0.145 e. The van der Waals surface area contributed by atoms with E-state index in [1.54, 1.807) is 26.4 Å². The Kier molecular flexibility index (Phi) is 4.93. The van der Waals surface area contributed by atoms with Gasteiger partial charge in [0.15, 0.2) is 0 Å². The number of methoxy groups -OCH3 is 2. The van der Waals surface area contributed by atoms with Gasteiger partial charge in [-0.2, -0.15) is 0 Å². The van der Waals surface area contributed by atoms with Crippen LogP contribution in [0.25, 0.3) is 0 Å². The summed E-state index contributed by atoms with van der Waals surface area (Å²) in [6, 6.07) is 7.25. The van der Waals surface area contributed by atoms with Crippen molar-refractivity contribution in [2.24, 2.45) is 0 Å². The molecule has 0 aliphatic rings. The van der Waals surface area contributed by atoms with Gasteiger partial charge in [0.25, 0.3) is 0 Å². The van der Waals surface area contributed by atoms with Crippen LogP contribution in [-0.2, 0) is 9.47 Å². The van der Waals surface area contributed by atoms with Crippen LogP contribution in [0.3, 0.4) is 0 Å². The van der Waals surface area contributed by atoms with Crippen LogP contribution in [0.1, 0.15) is 0 Å². The first-order valence-corrected chi connectivity index (χ1v) is 4.76. The summed E-state index contributed by atoms with van der Waals surface area (Å²) in [6.07, 6.45) is -0.0939. The normalized spacial score (nSPS) is 10.6. The van der Waals surface area contributed by atoms with Crippen molar-refractivity contribution >= 4 is 5.69 Å². The molecule has 1 aromatic carbocycles. The van der Waals surface area contributed by atoms with Crippen LogP contribution in [0.4, 0.5) is 5.69 Å². The van der Waals surface area contributed by atoms with Crippen LogP contribution in [-0.4, -0.2) is 33.5 Å². The third kappa shape index (κ3) is 4.18. The first-order chi connectivity index (χ1) is 7.26. The van der Waals surface area contributed by atoms with E-state index in [-0.39, 0.29) is 6.10 Å². The fourth-order valence-electron chi connectivity index (χ4n) is 1.23. The second-order valence-electron chi connectivity index (χ2n) is 3.22. The summed E-state index contributed by atoms with van der Waals surface area (Å²) in [5, 5.41) is 0. The van der Waals surface area contributed by atoms with Crippen LogP contribution < -0.4 is 10.5 Å². The van der Waals surface area contributed by atoms with Gasteiger partial charge in [0, 0.05) is 19.9 Å². The number of nitrogens with two attached hydrogens (primary N) is 1. The summed E-state index contributed by atoms with van der Waals surface area (Å²) in [5.41, 5.74) is 6.29. The fraction of sp³-hybridized carbons (Fsp3) is 0.455. The van der Waals surface area contributed by atoms with Crippen LogP contribution in [0, 0.1) is 0 Å². The minimum atomic E-state index is -0.0939. The van der Waals surface area contributed by atoms with Crippen molar-refractivity contribution in [2.45, 2.75) is 6.10 Å². The van der Waals surface area contributed by atoms with E-state index in [1.807, 2.05) is 12.1 Å². The molecule has 0 spiro atoms. The summed E-state index contributed by atoms with van der Waals surface area (Å²) < 4.78 is 15.7. The number of hydrogen-bond acceptors (Lipinski definition) is 4. The van der Waals surface area contributed by atoms with Crippen LogP contribution in [0.5, 0.6) is 5.75 Å². The van der Waals surface area contributed by atoms with E-state index < -0.39 is 0 Å². The second kappa shape index (κ2) is 6.27. The lowest BCUT2D eigenvalue weighted by Crippen LogP contribution is -2.27. The molecule has 0 heterocycles. The Morgan fingerprint density at radius 1 is 1.07 bits per heavy atom. The van der Waals surface area contributed by atoms with Crippen LogP contribution >= 0.6 is 0 Å². The molecule has 0 aliphatic heterocycles. The van der Waals surface area contributed by atoms with Crippen molar-refractivity contribution in [2.75, 3.05) is 33.2 Å². The fourth-order valence-corrected chi connectivity index (χ4v) is 1.23. The van der Waals surface area contributed by atoms with Gasteiger partial charge < -0.3 is 19.9 Å². The van der Waals surface area contributed by atoms with E-state index in [0.717, 1.165) is 11.4 Å². The van der Waals surface area contributed by atoms with E-state index in [4.69, 9.17) is 19.9 Å². The molecule has 0 aromatic heterocycles. The molecule has 1 rings (SSSR count). The predicted molar refractivity (Wildman–Crippen MR) is 59.0 cm³/mol. The van der Waals surface area contributed by atoms with Crippen molar-refractivity contribution in [3.05, 3.63) is 24.3 Å². The Balaban J connectivity index is 2.53. The Labute approximate surface area is 89.9 Å². The molecule has 0 amide bonds. The maximum atomic E-state index is 5.64. The van der Waals surface area contributed by atoms with Crippen molar-refractivity contribution in [3.8, 4) is 5.75 Å². The summed E-state index contributed by atoms with van der Waals surface area (Å²) in [4.78, 5) is 0. The maximum Gasteiger partial charge on any atom is 0.145 e. The van der Waals surface area contributed by atoms with E-state index >= 15 is 0 Å². The van der Waals surface area contributed by atoms with Gasteiger partial charge in [-0.3, -0.25) is 0 Å². The number of benzene rings is 1. The summed E-state index contributed by atoms with van der Waals surface area (Å²) >= 11 is 0. The zero-order valence-corrected chi connectivity index (χ0v) is 9.10. The average molecular weight is 211 g/mol. The van der Waals surface area contributed by atoms with Gasteiger partial charge in [-0.05, 0) is 24.3 Å². The average Bonchev–Trinajstić information content (AvgIpc) is 2.22. The number of nitrogen functional groups attached to an aromatic ring is 1. The van der Waals surface area contributed by atoms with E-state index in [9.17, 15) is 0 Å². The van der Waals surface area contributed by atoms with Crippen molar-refractivity contribution in [1.82, 2.24) is 0 Å². The maximum absolute atomic E-state index is 5.64. The van der Waals surface area contributed by atoms with Crippen molar-refractivity contribution < 1.29 is 14.2 Å². The van der Waals surface area contributed by atoms with Gasteiger partial charge in [0.2, 0.25) is 0 Å². The van der Waals surface area contributed by atoms with E-state index in [2.05, 4.69) is 0 Å². The minimum Gasteiger partial charge on any atom is -0.486 e. The number of ether oxygens (including phenoxy) is 3. The molecule has 0 atom stereocenters. The Hall–Kier alpha value is -1.26. The largest absolute Gasteiger partial charge is 0.486 e. The summed E-state index contributed by atoms with van der Waals surface area (Å²) in [5.74, 6) is 0.767. The van der Waals surface area contributed by atoms with E-state index in [1.165, 1.54) is 0 Å². The molecular weight excluding hydrogens is 194 g/mol. The molecule has 2 N–H and O–H groups in total. The Bertz CT molecular complexity index is 268. The van der Waals surface area contributed by atoms with Crippen molar-refractivity contribution in [3.63, 3.8) is 0 Å². The number of rotatable bonds is 6. The van der Waals surface area contributed by atoms with Gasteiger partial charge >= 0.3 is 0 Å². The molecule has 0 aliphatic carbocycles. The quantitative estimate of drug-likeness (QED) is 0.721. The third-order valence-corrected chi connectivity index (χ3v) is 1.89. The highest BCUT2D eigenvalue weighted by molar-refractivity contribution is 5.41. The SMILES string of the molecule is COCC(COC)Oc1ccc(N)cc1. The first-order valence-electron chi connectivity index (χ1n) is 4.76. The van der Waals surface area contributed by atoms with Crippen LogP contribution in [0.15, 0.2) is 24.3 Å². The third-order valence-electron chi connectivity index (χ3n) is 1.89.